The number of nitrogens with one attached hydrogen (secondary N) is 1. The molecule has 0 saturated heterocycles. The third kappa shape index (κ3) is 5.56. The lowest BCUT2D eigenvalue weighted by molar-refractivity contribution is -0.124. The van der Waals surface area contributed by atoms with Gasteiger partial charge in [-0.15, -0.1) is 0 Å². The number of carbonyl (C=O) groups excluding carboxylic acids is 2. The Labute approximate surface area is 175 Å². The van der Waals surface area contributed by atoms with Gasteiger partial charge in [0.2, 0.25) is 6.79 Å². The zero-order chi connectivity index (χ0) is 21.5. The SMILES string of the molecule is COc1cc(C(=O)OCC(=O)NCc2ccc3c(c2)OCO3)ccc1OCC(C)C. The van der Waals surface area contributed by atoms with Gasteiger partial charge in [0.1, 0.15) is 0 Å². The van der Waals surface area contributed by atoms with Gasteiger partial charge in [0.05, 0.1) is 19.3 Å². The number of benzene rings is 2. The minimum Gasteiger partial charge on any atom is -0.493 e. The van der Waals surface area contributed by atoms with E-state index >= 15 is 0 Å². The van der Waals surface area contributed by atoms with Crippen LogP contribution in [0.3, 0.4) is 0 Å². The Balaban J connectivity index is 1.49. The van der Waals surface area contributed by atoms with Crippen molar-refractivity contribution < 1.29 is 33.3 Å². The maximum Gasteiger partial charge on any atom is 0.338 e. The van der Waals surface area contributed by atoms with Gasteiger partial charge in [-0.1, -0.05) is 19.9 Å². The van der Waals surface area contributed by atoms with Gasteiger partial charge in [0, 0.05) is 6.54 Å². The highest BCUT2D eigenvalue weighted by atomic mass is 16.7. The summed E-state index contributed by atoms with van der Waals surface area (Å²) in [5, 5.41) is 2.70. The van der Waals surface area contributed by atoms with Crippen molar-refractivity contribution in [1.29, 1.82) is 0 Å². The van der Waals surface area contributed by atoms with Crippen LogP contribution < -0.4 is 24.3 Å². The minimum absolute atomic E-state index is 0.191. The predicted octanol–water partition coefficient (Wildman–Crippen LogP) is 2.93. The van der Waals surface area contributed by atoms with Crippen LogP contribution in [0.25, 0.3) is 0 Å². The van der Waals surface area contributed by atoms with E-state index in [4.69, 9.17) is 23.7 Å². The average Bonchev–Trinajstić information content (AvgIpc) is 3.22. The standard InChI is InChI=1S/C22H25NO7/c1-14(2)11-27-17-7-5-16(9-19(17)26-3)22(25)28-12-21(24)23-10-15-4-6-18-20(8-15)30-13-29-18/h4-9,14H,10-13H2,1-3H3,(H,23,24). The van der Waals surface area contributed by atoms with Gasteiger partial charge in [0.25, 0.3) is 5.91 Å². The second-order valence-electron chi connectivity index (χ2n) is 7.11. The van der Waals surface area contributed by atoms with E-state index in [1.54, 1.807) is 24.3 Å². The van der Waals surface area contributed by atoms with E-state index < -0.39 is 18.5 Å². The van der Waals surface area contributed by atoms with Crippen molar-refractivity contribution in [3.8, 4) is 23.0 Å². The molecule has 1 aliphatic rings. The molecule has 1 amide bonds. The number of hydrogen-bond donors (Lipinski definition) is 1. The van der Waals surface area contributed by atoms with E-state index in [2.05, 4.69) is 5.32 Å². The first-order valence-electron chi connectivity index (χ1n) is 9.59. The van der Waals surface area contributed by atoms with Crippen LogP contribution in [0.1, 0.15) is 29.8 Å². The summed E-state index contributed by atoms with van der Waals surface area (Å²) in [6, 6.07) is 10.2. The zero-order valence-electron chi connectivity index (χ0n) is 17.2. The Morgan fingerprint density at radius 3 is 2.63 bits per heavy atom. The summed E-state index contributed by atoms with van der Waals surface area (Å²) in [6.45, 7) is 4.69. The van der Waals surface area contributed by atoms with Crippen LogP contribution in [0.5, 0.6) is 23.0 Å². The highest BCUT2D eigenvalue weighted by molar-refractivity contribution is 5.92. The van der Waals surface area contributed by atoms with Gasteiger partial charge in [-0.25, -0.2) is 4.79 Å². The lowest BCUT2D eigenvalue weighted by atomic mass is 10.2. The van der Waals surface area contributed by atoms with Crippen LogP contribution >= 0.6 is 0 Å². The number of rotatable bonds is 9. The molecule has 2 aromatic rings. The Bertz CT molecular complexity index is 910. The van der Waals surface area contributed by atoms with Crippen LogP contribution in [0.4, 0.5) is 0 Å². The zero-order valence-corrected chi connectivity index (χ0v) is 17.2. The molecule has 1 heterocycles. The summed E-state index contributed by atoms with van der Waals surface area (Å²) in [5.74, 6) is 1.61. The number of ether oxygens (including phenoxy) is 5. The molecule has 0 aliphatic carbocycles. The number of methoxy groups -OCH3 is 1. The van der Waals surface area contributed by atoms with Crippen LogP contribution in [-0.4, -0.2) is 39.0 Å². The minimum atomic E-state index is -0.623. The fraction of sp³-hybridized carbons (Fsp3) is 0.364. The second kappa shape index (κ2) is 9.87. The van der Waals surface area contributed by atoms with Crippen molar-refractivity contribution in [2.45, 2.75) is 20.4 Å². The molecule has 3 rings (SSSR count). The summed E-state index contributed by atoms with van der Waals surface area (Å²) in [7, 11) is 1.50. The molecule has 0 fully saturated rings. The first-order valence-corrected chi connectivity index (χ1v) is 9.59. The third-order valence-corrected chi connectivity index (χ3v) is 4.23. The Morgan fingerprint density at radius 2 is 1.87 bits per heavy atom. The summed E-state index contributed by atoms with van der Waals surface area (Å²) >= 11 is 0. The molecule has 0 unspecified atom stereocenters. The van der Waals surface area contributed by atoms with Crippen molar-refractivity contribution in [3.63, 3.8) is 0 Å². The molecule has 1 aliphatic heterocycles. The van der Waals surface area contributed by atoms with Gasteiger partial charge in [-0.05, 0) is 41.8 Å². The summed E-state index contributed by atoms with van der Waals surface area (Å²) in [6.07, 6.45) is 0. The topological polar surface area (TPSA) is 92.3 Å². The third-order valence-electron chi connectivity index (χ3n) is 4.23. The molecule has 0 radical (unpaired) electrons. The quantitative estimate of drug-likeness (QED) is 0.630. The number of amides is 1. The van der Waals surface area contributed by atoms with Crippen LogP contribution in [-0.2, 0) is 16.1 Å². The van der Waals surface area contributed by atoms with Crippen molar-refractivity contribution in [1.82, 2.24) is 5.32 Å². The molecular formula is C22H25NO7. The normalized spacial score (nSPS) is 11.9. The van der Waals surface area contributed by atoms with Gasteiger partial charge >= 0.3 is 5.97 Å². The highest BCUT2D eigenvalue weighted by Gasteiger charge is 2.16. The smallest absolute Gasteiger partial charge is 0.338 e. The Hall–Kier alpha value is -3.42. The fourth-order valence-electron chi connectivity index (χ4n) is 2.69. The fourth-order valence-corrected chi connectivity index (χ4v) is 2.69. The first-order chi connectivity index (χ1) is 14.5. The molecule has 2 aromatic carbocycles. The summed E-state index contributed by atoms with van der Waals surface area (Å²) in [4.78, 5) is 24.3. The molecule has 8 nitrogen and oxygen atoms in total. The monoisotopic (exact) mass is 415 g/mol. The van der Waals surface area contributed by atoms with Gasteiger partial charge in [-0.3, -0.25) is 4.79 Å². The van der Waals surface area contributed by atoms with Crippen molar-refractivity contribution in [2.75, 3.05) is 27.1 Å². The van der Waals surface area contributed by atoms with Crippen molar-refractivity contribution in [2.24, 2.45) is 5.92 Å². The first kappa shape index (κ1) is 21.3. The second-order valence-corrected chi connectivity index (χ2v) is 7.11. The number of fused-ring (bicyclic) bond motifs is 1. The lowest BCUT2D eigenvalue weighted by Gasteiger charge is -2.13. The molecule has 160 valence electrons. The van der Waals surface area contributed by atoms with Crippen LogP contribution in [0, 0.1) is 5.92 Å². The Kier molecular flexibility index (Phi) is 7.00. The van der Waals surface area contributed by atoms with Crippen LogP contribution in [0.2, 0.25) is 0 Å². The van der Waals surface area contributed by atoms with Gasteiger partial charge in [0.15, 0.2) is 29.6 Å². The van der Waals surface area contributed by atoms with Gasteiger partial charge < -0.3 is 29.0 Å². The van der Waals surface area contributed by atoms with E-state index in [0.29, 0.717) is 35.5 Å². The van der Waals surface area contributed by atoms with E-state index in [-0.39, 0.29) is 18.9 Å². The van der Waals surface area contributed by atoms with Crippen molar-refractivity contribution >= 4 is 11.9 Å². The molecule has 0 spiro atoms. The molecule has 0 atom stereocenters. The van der Waals surface area contributed by atoms with E-state index in [1.807, 2.05) is 19.9 Å². The number of esters is 1. The Morgan fingerprint density at radius 1 is 1.07 bits per heavy atom. The summed E-state index contributed by atoms with van der Waals surface area (Å²) in [5.41, 5.74) is 1.12. The van der Waals surface area contributed by atoms with E-state index in [9.17, 15) is 9.59 Å². The van der Waals surface area contributed by atoms with E-state index in [0.717, 1.165) is 5.56 Å². The lowest BCUT2D eigenvalue weighted by Crippen LogP contribution is -2.28. The van der Waals surface area contributed by atoms with Gasteiger partial charge in [-0.2, -0.15) is 0 Å². The maximum atomic E-state index is 12.3. The summed E-state index contributed by atoms with van der Waals surface area (Å²) < 4.78 is 26.6. The van der Waals surface area contributed by atoms with E-state index in [1.165, 1.54) is 13.2 Å². The highest BCUT2D eigenvalue weighted by Crippen LogP contribution is 2.32. The largest absolute Gasteiger partial charge is 0.493 e. The van der Waals surface area contributed by atoms with Crippen molar-refractivity contribution in [3.05, 3.63) is 47.5 Å². The molecule has 0 aromatic heterocycles. The molecule has 0 bridgehead atoms. The average molecular weight is 415 g/mol. The molecule has 0 saturated carbocycles. The van der Waals surface area contributed by atoms with Crippen LogP contribution in [0.15, 0.2) is 36.4 Å². The molecule has 30 heavy (non-hydrogen) atoms. The molecular weight excluding hydrogens is 390 g/mol. The predicted molar refractivity (Wildman–Crippen MR) is 108 cm³/mol. The number of hydrogen-bond acceptors (Lipinski definition) is 7. The number of carbonyl (C=O) groups is 2. The maximum absolute atomic E-state index is 12.3. The molecule has 1 N–H and O–H groups in total. The molecule has 8 heteroatoms.